The van der Waals surface area contributed by atoms with Gasteiger partial charge in [0.15, 0.2) is 6.29 Å². The standard InChI is InChI=1S/C26H38O5/c1-18(9-8-10-19(2)13-15-24(27)29-5)12-14-22-17-23(20(3)21(4)26(22)28)31-25-11-6-7-16-30-25/h10,12,17,25,28H,6-9,11,13-16H2,1-5H3/b18-12?,19-10+. The molecule has 0 saturated carbocycles. The Kier molecular flexibility index (Phi) is 10.1. The summed E-state index contributed by atoms with van der Waals surface area (Å²) in [7, 11) is 1.42. The van der Waals surface area contributed by atoms with Gasteiger partial charge in [0.1, 0.15) is 11.5 Å². The van der Waals surface area contributed by atoms with E-state index in [1.807, 2.05) is 26.8 Å². The lowest BCUT2D eigenvalue weighted by molar-refractivity contribution is -0.140. The van der Waals surface area contributed by atoms with Crippen LogP contribution in [-0.2, 0) is 20.7 Å². The lowest BCUT2D eigenvalue weighted by atomic mass is 9.99. The maximum Gasteiger partial charge on any atom is 0.305 e. The number of hydrogen-bond acceptors (Lipinski definition) is 5. The molecule has 1 N–H and O–H groups in total. The van der Waals surface area contributed by atoms with Crippen LogP contribution in [0.25, 0.3) is 0 Å². The third-order valence-corrected chi connectivity index (χ3v) is 5.95. The summed E-state index contributed by atoms with van der Waals surface area (Å²) in [6, 6.07) is 1.95. The Morgan fingerprint density at radius 2 is 1.87 bits per heavy atom. The van der Waals surface area contributed by atoms with E-state index in [0.717, 1.165) is 67.6 Å². The maximum absolute atomic E-state index is 11.2. The zero-order chi connectivity index (χ0) is 22.8. The number of phenols is 1. The van der Waals surface area contributed by atoms with E-state index in [-0.39, 0.29) is 12.3 Å². The monoisotopic (exact) mass is 430 g/mol. The predicted molar refractivity (Wildman–Crippen MR) is 124 cm³/mol. The summed E-state index contributed by atoms with van der Waals surface area (Å²) in [5, 5.41) is 10.6. The van der Waals surface area contributed by atoms with Crippen LogP contribution in [0.5, 0.6) is 11.5 Å². The average molecular weight is 431 g/mol. The van der Waals surface area contributed by atoms with Crippen LogP contribution in [-0.4, -0.2) is 31.1 Å². The van der Waals surface area contributed by atoms with Gasteiger partial charge >= 0.3 is 5.97 Å². The first-order chi connectivity index (χ1) is 14.8. The Morgan fingerprint density at radius 3 is 2.55 bits per heavy atom. The zero-order valence-corrected chi connectivity index (χ0v) is 19.8. The van der Waals surface area contributed by atoms with E-state index < -0.39 is 0 Å². The number of benzene rings is 1. The molecule has 1 aromatic carbocycles. The number of ether oxygens (including phenoxy) is 3. The fourth-order valence-corrected chi connectivity index (χ4v) is 3.60. The molecule has 1 saturated heterocycles. The van der Waals surface area contributed by atoms with Gasteiger partial charge in [-0.15, -0.1) is 0 Å². The summed E-state index contributed by atoms with van der Waals surface area (Å²) in [6.45, 7) is 8.82. The van der Waals surface area contributed by atoms with Gasteiger partial charge in [-0.05, 0) is 83.4 Å². The van der Waals surface area contributed by atoms with Crippen molar-refractivity contribution < 1.29 is 24.1 Å². The minimum atomic E-state index is -0.198. The Balaban J connectivity index is 1.96. The first-order valence-electron chi connectivity index (χ1n) is 11.3. The van der Waals surface area contributed by atoms with Crippen molar-refractivity contribution in [2.24, 2.45) is 0 Å². The summed E-state index contributed by atoms with van der Waals surface area (Å²) in [5.41, 5.74) is 5.17. The molecule has 1 heterocycles. The fourth-order valence-electron chi connectivity index (χ4n) is 3.60. The number of rotatable bonds is 10. The second kappa shape index (κ2) is 12.6. The Labute approximate surface area is 187 Å². The third-order valence-electron chi connectivity index (χ3n) is 5.95. The maximum atomic E-state index is 11.2. The first kappa shape index (κ1) is 25.0. The van der Waals surface area contributed by atoms with Gasteiger partial charge < -0.3 is 19.3 Å². The van der Waals surface area contributed by atoms with Crippen molar-refractivity contribution in [2.45, 2.75) is 85.4 Å². The van der Waals surface area contributed by atoms with Crippen LogP contribution in [0.4, 0.5) is 0 Å². The zero-order valence-electron chi connectivity index (χ0n) is 19.8. The van der Waals surface area contributed by atoms with E-state index in [4.69, 9.17) is 9.47 Å². The molecule has 1 aromatic rings. The van der Waals surface area contributed by atoms with Gasteiger partial charge in [0.05, 0.1) is 13.7 Å². The minimum Gasteiger partial charge on any atom is -0.507 e. The lowest BCUT2D eigenvalue weighted by Gasteiger charge is -2.25. The number of methoxy groups -OCH3 is 1. The van der Waals surface area contributed by atoms with Crippen molar-refractivity contribution in [2.75, 3.05) is 13.7 Å². The van der Waals surface area contributed by atoms with E-state index >= 15 is 0 Å². The van der Waals surface area contributed by atoms with Gasteiger partial charge in [0, 0.05) is 18.4 Å². The molecule has 1 atom stereocenters. The van der Waals surface area contributed by atoms with E-state index in [1.54, 1.807) is 0 Å². The molecule has 1 aliphatic heterocycles. The second-order valence-electron chi connectivity index (χ2n) is 8.47. The Bertz CT molecular complexity index is 801. The van der Waals surface area contributed by atoms with Crippen molar-refractivity contribution in [3.8, 4) is 11.5 Å². The highest BCUT2D eigenvalue weighted by atomic mass is 16.7. The summed E-state index contributed by atoms with van der Waals surface area (Å²) < 4.78 is 16.5. The highest BCUT2D eigenvalue weighted by molar-refractivity contribution is 5.69. The number of allylic oxidation sites excluding steroid dienone is 4. The quantitative estimate of drug-likeness (QED) is 0.360. The highest BCUT2D eigenvalue weighted by Gasteiger charge is 2.19. The molecule has 1 fully saturated rings. The second-order valence-corrected chi connectivity index (χ2v) is 8.47. The summed E-state index contributed by atoms with van der Waals surface area (Å²) in [6.07, 6.45) is 11.0. The highest BCUT2D eigenvalue weighted by Crippen LogP contribution is 2.34. The molecule has 0 radical (unpaired) electrons. The van der Waals surface area contributed by atoms with E-state index in [1.165, 1.54) is 18.3 Å². The van der Waals surface area contributed by atoms with Gasteiger partial charge in [-0.3, -0.25) is 4.79 Å². The number of aromatic hydroxyl groups is 1. The van der Waals surface area contributed by atoms with E-state index in [9.17, 15) is 9.90 Å². The van der Waals surface area contributed by atoms with Crippen LogP contribution in [0, 0.1) is 13.8 Å². The average Bonchev–Trinajstić information content (AvgIpc) is 2.77. The molecule has 31 heavy (non-hydrogen) atoms. The van der Waals surface area contributed by atoms with Gasteiger partial charge in [0.25, 0.3) is 0 Å². The van der Waals surface area contributed by atoms with Crippen molar-refractivity contribution in [3.63, 3.8) is 0 Å². The topological polar surface area (TPSA) is 65.0 Å². The van der Waals surface area contributed by atoms with Crippen LogP contribution in [0.1, 0.15) is 75.5 Å². The molecule has 0 spiro atoms. The van der Waals surface area contributed by atoms with Crippen molar-refractivity contribution in [1.82, 2.24) is 0 Å². The fraction of sp³-hybridized carbons (Fsp3) is 0.577. The summed E-state index contributed by atoms with van der Waals surface area (Å²) in [4.78, 5) is 11.2. The molecule has 1 unspecified atom stereocenters. The number of carbonyl (C=O) groups excluding carboxylic acids is 1. The molecular formula is C26H38O5. The molecule has 5 nitrogen and oxygen atoms in total. The van der Waals surface area contributed by atoms with Gasteiger partial charge in [-0.2, -0.15) is 0 Å². The van der Waals surface area contributed by atoms with Crippen LogP contribution in [0.15, 0.2) is 29.4 Å². The Morgan fingerprint density at radius 1 is 1.13 bits per heavy atom. The number of esters is 1. The molecule has 0 aliphatic carbocycles. The van der Waals surface area contributed by atoms with Crippen LogP contribution >= 0.6 is 0 Å². The van der Waals surface area contributed by atoms with Crippen LogP contribution in [0.2, 0.25) is 0 Å². The molecule has 0 aromatic heterocycles. The van der Waals surface area contributed by atoms with Crippen molar-refractivity contribution in [1.29, 1.82) is 0 Å². The van der Waals surface area contributed by atoms with Gasteiger partial charge in [-0.1, -0.05) is 23.3 Å². The molecule has 1 aliphatic rings. The predicted octanol–water partition coefficient (Wildman–Crippen LogP) is 6.08. The molecule has 0 bridgehead atoms. The number of carbonyl (C=O) groups is 1. The van der Waals surface area contributed by atoms with Crippen molar-refractivity contribution >= 4 is 5.97 Å². The number of phenolic OH excluding ortho intramolecular Hbond substituents is 1. The minimum absolute atomic E-state index is 0.171. The largest absolute Gasteiger partial charge is 0.507 e. The summed E-state index contributed by atoms with van der Waals surface area (Å²) >= 11 is 0. The smallest absolute Gasteiger partial charge is 0.305 e. The van der Waals surface area contributed by atoms with E-state index in [2.05, 4.69) is 23.8 Å². The molecule has 2 rings (SSSR count). The SMILES string of the molecule is COC(=O)CC/C(C)=C/CCC(C)=CCc1cc(OC2CCCCO2)c(C)c(C)c1O. The third kappa shape index (κ3) is 8.06. The van der Waals surface area contributed by atoms with Crippen molar-refractivity contribution in [3.05, 3.63) is 46.1 Å². The normalized spacial score (nSPS) is 17.5. The van der Waals surface area contributed by atoms with Gasteiger partial charge in [0.2, 0.25) is 0 Å². The van der Waals surface area contributed by atoms with Crippen LogP contribution in [0.3, 0.4) is 0 Å². The molecule has 5 heteroatoms. The molecule has 0 amide bonds. The number of hydrogen-bond donors (Lipinski definition) is 1. The molecular weight excluding hydrogens is 392 g/mol. The molecule has 172 valence electrons. The summed E-state index contributed by atoms with van der Waals surface area (Å²) in [5.74, 6) is 0.972. The van der Waals surface area contributed by atoms with E-state index in [0.29, 0.717) is 18.6 Å². The van der Waals surface area contributed by atoms with Gasteiger partial charge in [-0.25, -0.2) is 0 Å². The first-order valence-corrected chi connectivity index (χ1v) is 11.3. The lowest BCUT2D eigenvalue weighted by Crippen LogP contribution is -2.25. The van der Waals surface area contributed by atoms with Crippen LogP contribution < -0.4 is 4.74 Å². The Hall–Kier alpha value is -2.27.